The minimum atomic E-state index is -3.56. The topological polar surface area (TPSA) is 80.3 Å². The van der Waals surface area contributed by atoms with Crippen LogP contribution in [-0.2, 0) is 25.1 Å². The fraction of sp³-hybridized carbons (Fsp3) is 0.333. The highest BCUT2D eigenvalue weighted by Crippen LogP contribution is 2.50. The summed E-state index contributed by atoms with van der Waals surface area (Å²) in [5.74, 6) is 0. The lowest BCUT2D eigenvalue weighted by atomic mass is 9.97. The Kier molecular flexibility index (Phi) is 4.20. The second-order valence-electron chi connectivity index (χ2n) is 6.89. The lowest BCUT2D eigenvalue weighted by Crippen LogP contribution is -2.16. The lowest BCUT2D eigenvalue weighted by molar-refractivity contribution is 0.600. The van der Waals surface area contributed by atoms with Gasteiger partial charge in [0, 0.05) is 24.0 Å². The molecule has 1 N–H and O–H groups in total. The first kappa shape index (κ1) is 17.9. The quantitative estimate of drug-likeness (QED) is 0.864. The van der Waals surface area contributed by atoms with E-state index in [0.29, 0.717) is 5.69 Å². The lowest BCUT2D eigenvalue weighted by Gasteiger charge is -2.16. The Morgan fingerprint density at radius 3 is 2.16 bits per heavy atom. The van der Waals surface area contributed by atoms with Gasteiger partial charge in [-0.1, -0.05) is 37.3 Å². The summed E-state index contributed by atoms with van der Waals surface area (Å²) in [6.45, 7) is 2.13. The Bertz CT molecular complexity index is 1010. The highest BCUT2D eigenvalue weighted by Gasteiger charge is 2.51. The molecule has 0 aliphatic heterocycles. The van der Waals surface area contributed by atoms with Gasteiger partial charge in [0.15, 0.2) is 19.7 Å². The van der Waals surface area contributed by atoms with Crippen LogP contribution in [0.1, 0.15) is 18.9 Å². The molecule has 1 fully saturated rings. The molecule has 5 nitrogen and oxygen atoms in total. The number of benzene rings is 2. The summed E-state index contributed by atoms with van der Waals surface area (Å²) < 4.78 is 47.7. The van der Waals surface area contributed by atoms with Crippen molar-refractivity contribution in [2.45, 2.75) is 34.6 Å². The van der Waals surface area contributed by atoms with Crippen molar-refractivity contribution in [3.63, 3.8) is 0 Å². The Morgan fingerprint density at radius 1 is 0.960 bits per heavy atom. The predicted octanol–water partition coefficient (Wildman–Crippen LogP) is 2.64. The van der Waals surface area contributed by atoms with E-state index in [0.717, 1.165) is 18.9 Å². The van der Waals surface area contributed by atoms with Crippen molar-refractivity contribution < 1.29 is 16.8 Å². The van der Waals surface area contributed by atoms with Gasteiger partial charge < -0.3 is 5.32 Å². The molecule has 0 heterocycles. The van der Waals surface area contributed by atoms with E-state index in [1.165, 1.54) is 23.8 Å². The molecule has 1 aliphatic rings. The number of nitrogens with one attached hydrogen (secondary N) is 1. The summed E-state index contributed by atoms with van der Waals surface area (Å²) in [5.41, 5.74) is 1.58. The van der Waals surface area contributed by atoms with Crippen LogP contribution < -0.4 is 5.32 Å². The minimum Gasteiger partial charge on any atom is -0.380 e. The SMILES string of the molecule is C[C@]1(c2ccccc2)C[C@@H]1Nc1ccc(S(C)(=O)=O)cc1S(C)(=O)=O. The maximum atomic E-state index is 12.1. The van der Waals surface area contributed by atoms with Gasteiger partial charge in [-0.2, -0.15) is 0 Å². The van der Waals surface area contributed by atoms with Gasteiger partial charge in [-0.05, 0) is 30.2 Å². The van der Waals surface area contributed by atoms with Crippen LogP contribution in [0, 0.1) is 0 Å². The Hall–Kier alpha value is -1.86. The number of hydrogen-bond acceptors (Lipinski definition) is 5. The minimum absolute atomic E-state index is 0.0000862. The van der Waals surface area contributed by atoms with Crippen molar-refractivity contribution in [1.29, 1.82) is 0 Å². The van der Waals surface area contributed by atoms with Crippen molar-refractivity contribution >= 4 is 25.4 Å². The van der Waals surface area contributed by atoms with Crippen LogP contribution >= 0.6 is 0 Å². The molecular weight excluding hydrogens is 358 g/mol. The van der Waals surface area contributed by atoms with E-state index >= 15 is 0 Å². The van der Waals surface area contributed by atoms with Gasteiger partial charge in [-0.25, -0.2) is 16.8 Å². The summed E-state index contributed by atoms with van der Waals surface area (Å²) in [6, 6.07) is 14.4. The first-order valence-electron chi connectivity index (χ1n) is 7.88. The molecule has 2 aromatic carbocycles. The van der Waals surface area contributed by atoms with Crippen molar-refractivity contribution in [2.24, 2.45) is 0 Å². The molecule has 0 amide bonds. The fourth-order valence-corrected chi connectivity index (χ4v) is 4.65. The molecule has 2 aromatic rings. The molecule has 0 aromatic heterocycles. The molecule has 1 saturated carbocycles. The fourth-order valence-electron chi connectivity index (χ4n) is 3.06. The zero-order valence-electron chi connectivity index (χ0n) is 14.4. The second-order valence-corrected chi connectivity index (χ2v) is 10.9. The van der Waals surface area contributed by atoms with Gasteiger partial charge >= 0.3 is 0 Å². The molecule has 0 saturated heterocycles. The highest BCUT2D eigenvalue weighted by molar-refractivity contribution is 7.91. The van der Waals surface area contributed by atoms with E-state index in [1.807, 2.05) is 18.2 Å². The van der Waals surface area contributed by atoms with Crippen molar-refractivity contribution in [1.82, 2.24) is 0 Å². The Balaban J connectivity index is 1.94. The van der Waals surface area contributed by atoms with Crippen LogP contribution in [-0.4, -0.2) is 35.4 Å². The van der Waals surface area contributed by atoms with Crippen LogP contribution in [0.5, 0.6) is 0 Å². The molecule has 1 aliphatic carbocycles. The molecule has 134 valence electrons. The van der Waals surface area contributed by atoms with Gasteiger partial charge in [-0.15, -0.1) is 0 Å². The molecule has 0 bridgehead atoms. The number of hydrogen-bond donors (Lipinski definition) is 1. The predicted molar refractivity (Wildman–Crippen MR) is 98.5 cm³/mol. The summed E-state index contributed by atoms with van der Waals surface area (Å²) in [5, 5.41) is 3.28. The Labute approximate surface area is 148 Å². The van der Waals surface area contributed by atoms with E-state index in [1.54, 1.807) is 0 Å². The summed E-state index contributed by atoms with van der Waals surface area (Å²) in [6.07, 6.45) is 3.03. The molecule has 0 spiro atoms. The van der Waals surface area contributed by atoms with Crippen molar-refractivity contribution in [3.05, 3.63) is 54.1 Å². The standard InChI is InChI=1S/C18H21NO4S2/c1-18(13-7-5-4-6-8-13)12-17(18)19-15-10-9-14(24(2,20)21)11-16(15)25(3,22)23/h4-11,17,19H,12H2,1-3H3/t17-,18+/m0/s1. The summed E-state index contributed by atoms with van der Waals surface area (Å²) in [4.78, 5) is 0.0119. The van der Waals surface area contributed by atoms with Gasteiger partial charge in [0.2, 0.25) is 0 Å². The maximum absolute atomic E-state index is 12.1. The second kappa shape index (κ2) is 5.85. The van der Waals surface area contributed by atoms with Crippen LogP contribution in [0.25, 0.3) is 0 Å². The normalized spacial score (nSPS) is 23.2. The largest absolute Gasteiger partial charge is 0.380 e. The van der Waals surface area contributed by atoms with Gasteiger partial charge in [0.05, 0.1) is 15.5 Å². The molecule has 2 atom stereocenters. The summed E-state index contributed by atoms with van der Waals surface area (Å²) >= 11 is 0. The first-order chi connectivity index (χ1) is 11.5. The van der Waals surface area contributed by atoms with Gasteiger partial charge in [0.25, 0.3) is 0 Å². The van der Waals surface area contributed by atoms with Crippen LogP contribution in [0.4, 0.5) is 5.69 Å². The van der Waals surface area contributed by atoms with E-state index in [4.69, 9.17) is 0 Å². The van der Waals surface area contributed by atoms with Gasteiger partial charge in [-0.3, -0.25) is 0 Å². The molecule has 0 radical (unpaired) electrons. The van der Waals surface area contributed by atoms with E-state index < -0.39 is 19.7 Å². The van der Waals surface area contributed by atoms with Crippen LogP contribution in [0.2, 0.25) is 0 Å². The van der Waals surface area contributed by atoms with E-state index in [2.05, 4.69) is 24.4 Å². The zero-order chi connectivity index (χ0) is 18.5. The van der Waals surface area contributed by atoms with Gasteiger partial charge in [0.1, 0.15) is 0 Å². The monoisotopic (exact) mass is 379 g/mol. The average Bonchev–Trinajstić information content (AvgIpc) is 3.18. The van der Waals surface area contributed by atoms with E-state index in [9.17, 15) is 16.8 Å². The molecule has 25 heavy (non-hydrogen) atoms. The third-order valence-electron chi connectivity index (χ3n) is 4.78. The number of anilines is 1. The third-order valence-corrected chi connectivity index (χ3v) is 7.03. The molecular formula is C18H21NO4S2. The smallest absolute Gasteiger partial charge is 0.177 e. The molecule has 0 unspecified atom stereocenters. The highest BCUT2D eigenvalue weighted by atomic mass is 32.2. The van der Waals surface area contributed by atoms with Crippen LogP contribution in [0.3, 0.4) is 0 Å². The summed E-state index contributed by atoms with van der Waals surface area (Å²) in [7, 11) is -7.04. The molecule has 7 heteroatoms. The molecule has 3 rings (SSSR count). The van der Waals surface area contributed by atoms with Crippen LogP contribution in [0.15, 0.2) is 58.3 Å². The van der Waals surface area contributed by atoms with E-state index in [-0.39, 0.29) is 21.2 Å². The maximum Gasteiger partial charge on any atom is 0.177 e. The average molecular weight is 380 g/mol. The third kappa shape index (κ3) is 3.57. The Morgan fingerprint density at radius 2 is 1.60 bits per heavy atom. The number of rotatable bonds is 5. The zero-order valence-corrected chi connectivity index (χ0v) is 16.0. The first-order valence-corrected chi connectivity index (χ1v) is 11.7. The van der Waals surface area contributed by atoms with Crippen molar-refractivity contribution in [2.75, 3.05) is 17.8 Å². The number of sulfone groups is 2. The van der Waals surface area contributed by atoms with Crippen molar-refractivity contribution in [3.8, 4) is 0 Å².